The first-order chi connectivity index (χ1) is 8.83. The lowest BCUT2D eigenvalue weighted by molar-refractivity contribution is -0.109. The average molecular weight is 230 g/mol. The average Bonchev–Trinajstić information content (AvgIpc) is 2.78. The lowest BCUT2D eigenvalue weighted by atomic mass is 9.99. The molecule has 0 saturated carbocycles. The van der Waals surface area contributed by atoms with Gasteiger partial charge in [-0.25, -0.2) is 0 Å². The number of carbonyl (C=O) groups is 1. The number of allylic oxidation sites excluding steroid dienone is 1. The van der Waals surface area contributed by atoms with Gasteiger partial charge in [0.1, 0.15) is 0 Å². The molecule has 0 unspecified atom stereocenters. The number of benzene rings is 2. The third-order valence-electron chi connectivity index (χ3n) is 3.59. The van der Waals surface area contributed by atoms with Crippen molar-refractivity contribution in [3.8, 4) is 11.1 Å². The first-order valence-electron chi connectivity index (χ1n) is 6.01. The van der Waals surface area contributed by atoms with E-state index in [2.05, 4.69) is 36.4 Å². The normalized spacial score (nSPS) is 14.3. The first kappa shape index (κ1) is 9.60. The van der Waals surface area contributed by atoms with Gasteiger partial charge in [0, 0.05) is 0 Å². The molecule has 0 atom stereocenters. The van der Waals surface area contributed by atoms with Crippen molar-refractivity contribution in [2.75, 3.05) is 0 Å². The van der Waals surface area contributed by atoms with Crippen LogP contribution in [0.5, 0.6) is 0 Å². The molecule has 0 aromatic heterocycles. The highest BCUT2D eigenvalue weighted by molar-refractivity contribution is 6.17. The topological polar surface area (TPSA) is 17.1 Å². The molecule has 0 fully saturated rings. The Morgan fingerprint density at radius 3 is 2.50 bits per heavy atom. The number of hydrogen-bond donors (Lipinski definition) is 0. The van der Waals surface area contributed by atoms with Crippen molar-refractivity contribution in [1.82, 2.24) is 0 Å². The van der Waals surface area contributed by atoms with Gasteiger partial charge in [-0.1, -0.05) is 42.5 Å². The van der Waals surface area contributed by atoms with Crippen LogP contribution in [0.1, 0.15) is 11.1 Å². The van der Waals surface area contributed by atoms with E-state index in [1.54, 1.807) is 12.2 Å². The third-order valence-corrected chi connectivity index (χ3v) is 3.59. The second-order valence-corrected chi connectivity index (χ2v) is 4.64. The number of rotatable bonds is 0. The first-order valence-corrected chi connectivity index (χ1v) is 6.01. The van der Waals surface area contributed by atoms with Crippen molar-refractivity contribution in [3.63, 3.8) is 0 Å². The Morgan fingerprint density at radius 2 is 1.56 bits per heavy atom. The molecular formula is C17H10O. The molecule has 0 N–H and O–H groups in total. The maximum absolute atomic E-state index is 11.5. The summed E-state index contributed by atoms with van der Waals surface area (Å²) in [4.78, 5) is 11.5. The van der Waals surface area contributed by atoms with Gasteiger partial charge in [0.25, 0.3) is 0 Å². The molecular weight excluding hydrogens is 220 g/mol. The SMILES string of the molecule is O=C1C=Cc2ccc3c(c2=C1)=Cc1ccccc1-3. The second-order valence-electron chi connectivity index (χ2n) is 4.64. The summed E-state index contributed by atoms with van der Waals surface area (Å²) in [5, 5.41) is 2.22. The Kier molecular flexibility index (Phi) is 1.76. The molecule has 2 aliphatic rings. The predicted molar refractivity (Wildman–Crippen MR) is 73.2 cm³/mol. The summed E-state index contributed by atoms with van der Waals surface area (Å²) in [5.74, 6) is 0.0697. The minimum Gasteiger partial charge on any atom is -0.290 e. The molecule has 0 spiro atoms. The van der Waals surface area contributed by atoms with Crippen LogP contribution in [0.25, 0.3) is 29.4 Å². The fourth-order valence-corrected chi connectivity index (χ4v) is 2.74. The molecule has 0 aliphatic heterocycles. The Bertz CT molecular complexity index is 838. The molecule has 1 nitrogen and oxygen atoms in total. The number of carbonyl (C=O) groups excluding carboxylic acids is 1. The Labute approximate surface area is 104 Å². The van der Waals surface area contributed by atoms with E-state index >= 15 is 0 Å². The van der Waals surface area contributed by atoms with Crippen LogP contribution in [0.4, 0.5) is 0 Å². The Hall–Kier alpha value is -2.41. The number of ketones is 1. The highest BCUT2D eigenvalue weighted by Crippen LogP contribution is 2.25. The van der Waals surface area contributed by atoms with E-state index in [9.17, 15) is 4.79 Å². The molecule has 2 aromatic carbocycles. The zero-order valence-corrected chi connectivity index (χ0v) is 9.68. The molecule has 18 heavy (non-hydrogen) atoms. The van der Waals surface area contributed by atoms with Crippen molar-refractivity contribution >= 4 is 24.0 Å². The number of hydrogen-bond acceptors (Lipinski definition) is 1. The standard InChI is InChI=1S/C17H10O/c18-13-7-5-11-6-8-15-14-4-2-1-3-12(14)9-17(15)16(11)10-13/h1-10H. The van der Waals surface area contributed by atoms with Crippen molar-refractivity contribution in [2.24, 2.45) is 0 Å². The summed E-state index contributed by atoms with van der Waals surface area (Å²) in [6.07, 6.45) is 7.43. The fraction of sp³-hybridized carbons (Fsp3) is 0. The summed E-state index contributed by atoms with van der Waals surface area (Å²) in [7, 11) is 0. The van der Waals surface area contributed by atoms with Crippen LogP contribution in [0.2, 0.25) is 0 Å². The highest BCUT2D eigenvalue weighted by Gasteiger charge is 2.14. The minimum atomic E-state index is 0.0697. The molecule has 2 aliphatic carbocycles. The summed E-state index contributed by atoms with van der Waals surface area (Å²) in [5.41, 5.74) is 4.84. The molecule has 1 heteroatoms. The molecule has 0 heterocycles. The van der Waals surface area contributed by atoms with E-state index in [0.717, 1.165) is 10.8 Å². The van der Waals surface area contributed by atoms with Gasteiger partial charge in [-0.3, -0.25) is 4.79 Å². The lowest BCUT2D eigenvalue weighted by Crippen LogP contribution is -2.30. The Morgan fingerprint density at radius 1 is 0.667 bits per heavy atom. The van der Waals surface area contributed by atoms with E-state index in [1.807, 2.05) is 12.1 Å². The fourth-order valence-electron chi connectivity index (χ4n) is 2.74. The van der Waals surface area contributed by atoms with Crippen LogP contribution in [-0.4, -0.2) is 5.78 Å². The summed E-state index contributed by atoms with van der Waals surface area (Å²) < 4.78 is 0. The highest BCUT2D eigenvalue weighted by atomic mass is 16.1. The van der Waals surface area contributed by atoms with Gasteiger partial charge in [0.2, 0.25) is 0 Å². The van der Waals surface area contributed by atoms with Gasteiger partial charge in [0.05, 0.1) is 0 Å². The van der Waals surface area contributed by atoms with Crippen LogP contribution in [0, 0.1) is 0 Å². The second kappa shape index (κ2) is 3.30. The van der Waals surface area contributed by atoms with E-state index in [0.29, 0.717) is 0 Å². The molecule has 2 aromatic rings. The van der Waals surface area contributed by atoms with Gasteiger partial charge in [-0.05, 0) is 50.9 Å². The van der Waals surface area contributed by atoms with Crippen molar-refractivity contribution < 1.29 is 4.79 Å². The van der Waals surface area contributed by atoms with E-state index < -0.39 is 0 Å². The molecule has 0 radical (unpaired) electrons. The van der Waals surface area contributed by atoms with Gasteiger partial charge < -0.3 is 0 Å². The third kappa shape index (κ3) is 1.19. The van der Waals surface area contributed by atoms with Crippen LogP contribution in [0.3, 0.4) is 0 Å². The minimum absolute atomic E-state index is 0.0697. The summed E-state index contributed by atoms with van der Waals surface area (Å²) in [6, 6.07) is 12.6. The molecule has 0 saturated heterocycles. The molecule has 0 bridgehead atoms. The Balaban J connectivity index is 2.17. The van der Waals surface area contributed by atoms with Crippen molar-refractivity contribution in [1.29, 1.82) is 0 Å². The van der Waals surface area contributed by atoms with Gasteiger partial charge >= 0.3 is 0 Å². The largest absolute Gasteiger partial charge is 0.290 e. The van der Waals surface area contributed by atoms with E-state index in [1.165, 1.54) is 21.9 Å². The van der Waals surface area contributed by atoms with Crippen molar-refractivity contribution in [3.05, 3.63) is 64.0 Å². The monoisotopic (exact) mass is 230 g/mol. The predicted octanol–water partition coefficient (Wildman–Crippen LogP) is 1.87. The quantitative estimate of drug-likeness (QED) is 0.576. The maximum Gasteiger partial charge on any atom is 0.179 e. The van der Waals surface area contributed by atoms with E-state index in [-0.39, 0.29) is 5.78 Å². The summed E-state index contributed by atoms with van der Waals surface area (Å²) in [6.45, 7) is 0. The zero-order valence-electron chi connectivity index (χ0n) is 9.68. The van der Waals surface area contributed by atoms with Gasteiger partial charge in [-0.15, -0.1) is 0 Å². The zero-order chi connectivity index (χ0) is 12.1. The van der Waals surface area contributed by atoms with Crippen LogP contribution in [0.15, 0.2) is 42.5 Å². The molecule has 4 rings (SSSR count). The maximum atomic E-state index is 11.5. The number of fused-ring (bicyclic) bond motifs is 5. The molecule has 0 amide bonds. The van der Waals surface area contributed by atoms with Crippen LogP contribution < -0.4 is 10.4 Å². The van der Waals surface area contributed by atoms with Gasteiger partial charge in [0.15, 0.2) is 5.78 Å². The van der Waals surface area contributed by atoms with E-state index in [4.69, 9.17) is 0 Å². The van der Waals surface area contributed by atoms with Crippen LogP contribution in [-0.2, 0) is 4.79 Å². The van der Waals surface area contributed by atoms with Gasteiger partial charge in [-0.2, -0.15) is 0 Å². The lowest BCUT2D eigenvalue weighted by Gasteiger charge is -2.05. The molecule has 84 valence electrons. The summed E-state index contributed by atoms with van der Waals surface area (Å²) >= 11 is 0. The van der Waals surface area contributed by atoms with Crippen LogP contribution >= 0.6 is 0 Å². The van der Waals surface area contributed by atoms with Crippen molar-refractivity contribution in [2.45, 2.75) is 0 Å². The smallest absolute Gasteiger partial charge is 0.179 e.